The SMILES string of the molecule is CC(=O)COC(=O)c1ccccc1N1C(=O)[C@@H]2[C@H]3CC[C@@H](C3)[C@H]2C1=O. The minimum Gasteiger partial charge on any atom is -0.454 e. The molecule has 2 amide bonds. The molecule has 2 aliphatic carbocycles. The van der Waals surface area contributed by atoms with Gasteiger partial charge in [-0.2, -0.15) is 0 Å². The highest BCUT2D eigenvalue weighted by molar-refractivity contribution is 6.24. The van der Waals surface area contributed by atoms with Gasteiger partial charge in [0.2, 0.25) is 11.8 Å². The molecule has 4 atom stereocenters. The third kappa shape index (κ3) is 2.39. The van der Waals surface area contributed by atoms with Crippen LogP contribution in [-0.4, -0.2) is 30.2 Å². The van der Waals surface area contributed by atoms with Crippen LogP contribution in [0.15, 0.2) is 24.3 Å². The predicted molar refractivity (Wildman–Crippen MR) is 87.7 cm³/mol. The van der Waals surface area contributed by atoms with Gasteiger partial charge in [0.15, 0.2) is 5.78 Å². The van der Waals surface area contributed by atoms with Crippen LogP contribution in [0.5, 0.6) is 0 Å². The van der Waals surface area contributed by atoms with Crippen LogP contribution in [0.3, 0.4) is 0 Å². The molecule has 1 saturated heterocycles. The number of benzene rings is 1. The van der Waals surface area contributed by atoms with Gasteiger partial charge in [0, 0.05) is 0 Å². The second-order valence-corrected chi connectivity index (χ2v) is 7.19. The number of carbonyl (C=O) groups excluding carboxylic acids is 4. The van der Waals surface area contributed by atoms with Crippen LogP contribution < -0.4 is 4.90 Å². The number of ether oxygens (including phenoxy) is 1. The van der Waals surface area contributed by atoms with Crippen LogP contribution >= 0.6 is 0 Å². The summed E-state index contributed by atoms with van der Waals surface area (Å²) in [6, 6.07) is 6.42. The van der Waals surface area contributed by atoms with Crippen LogP contribution in [0.25, 0.3) is 0 Å². The van der Waals surface area contributed by atoms with Gasteiger partial charge in [0.25, 0.3) is 0 Å². The molecule has 4 rings (SSSR count). The normalized spacial score (nSPS) is 29.9. The number of imide groups is 1. The quantitative estimate of drug-likeness (QED) is 0.618. The van der Waals surface area contributed by atoms with E-state index >= 15 is 0 Å². The van der Waals surface area contributed by atoms with Gasteiger partial charge < -0.3 is 4.74 Å². The summed E-state index contributed by atoms with van der Waals surface area (Å²) in [7, 11) is 0. The fraction of sp³-hybridized carbons (Fsp3) is 0.474. The number of esters is 1. The lowest BCUT2D eigenvalue weighted by molar-refractivity contribution is -0.123. The van der Waals surface area contributed by atoms with Gasteiger partial charge in [-0.15, -0.1) is 0 Å². The van der Waals surface area contributed by atoms with Crippen molar-refractivity contribution < 1.29 is 23.9 Å². The lowest BCUT2D eigenvalue weighted by atomic mass is 9.81. The van der Waals surface area contributed by atoms with E-state index < -0.39 is 5.97 Å². The lowest BCUT2D eigenvalue weighted by Gasteiger charge is -2.19. The van der Waals surface area contributed by atoms with Crippen LogP contribution in [-0.2, 0) is 19.1 Å². The van der Waals surface area contributed by atoms with E-state index in [1.807, 2.05) is 0 Å². The van der Waals surface area contributed by atoms with Gasteiger partial charge in [-0.3, -0.25) is 14.4 Å². The summed E-state index contributed by atoms with van der Waals surface area (Å²) < 4.78 is 4.97. The van der Waals surface area contributed by atoms with Crippen molar-refractivity contribution in [3.05, 3.63) is 29.8 Å². The van der Waals surface area contributed by atoms with Crippen LogP contribution in [0.2, 0.25) is 0 Å². The highest BCUT2D eigenvalue weighted by Gasteiger charge is 2.61. The Morgan fingerprint density at radius 3 is 2.28 bits per heavy atom. The number of anilines is 1. The molecule has 2 saturated carbocycles. The number of Topliss-reactive ketones (excluding diaryl/α,β-unsaturated/α-hetero) is 1. The van der Waals surface area contributed by atoms with Gasteiger partial charge in [-0.05, 0) is 50.2 Å². The molecule has 3 aliphatic rings. The molecule has 0 aromatic heterocycles. The standard InChI is InChI=1S/C19H19NO5/c1-10(21)9-25-19(24)13-4-2-3-5-14(13)20-17(22)15-11-6-7-12(8-11)16(15)18(20)23/h2-5,11-12,15-16H,6-9H2,1H3/t11-,12-,15+,16+/m0/s1. The van der Waals surface area contributed by atoms with Gasteiger partial charge in [-0.25, -0.2) is 9.69 Å². The molecule has 0 spiro atoms. The van der Waals surface area contributed by atoms with E-state index in [4.69, 9.17) is 4.74 Å². The van der Waals surface area contributed by atoms with Gasteiger partial charge in [0.05, 0.1) is 23.1 Å². The molecular weight excluding hydrogens is 322 g/mol. The van der Waals surface area contributed by atoms with E-state index in [0.717, 1.165) is 19.3 Å². The zero-order chi connectivity index (χ0) is 17.7. The maximum absolute atomic E-state index is 12.9. The number of rotatable bonds is 4. The number of ketones is 1. The number of para-hydroxylation sites is 1. The number of fused-ring (bicyclic) bond motifs is 5. The molecular formula is C19H19NO5. The van der Waals surface area contributed by atoms with Crippen molar-refractivity contribution in [3.8, 4) is 0 Å². The molecule has 0 radical (unpaired) electrons. The molecule has 130 valence electrons. The summed E-state index contributed by atoms with van der Waals surface area (Å²) in [5, 5.41) is 0. The number of carbonyl (C=O) groups is 4. The zero-order valence-electron chi connectivity index (χ0n) is 13.9. The summed E-state index contributed by atoms with van der Waals surface area (Å²) in [5.41, 5.74) is 0.401. The Morgan fingerprint density at radius 2 is 1.68 bits per heavy atom. The average molecular weight is 341 g/mol. The van der Waals surface area contributed by atoms with E-state index in [1.165, 1.54) is 17.9 Å². The Kier molecular flexibility index (Phi) is 3.71. The third-order valence-electron chi connectivity index (χ3n) is 5.70. The van der Waals surface area contributed by atoms with Crippen LogP contribution in [0.1, 0.15) is 36.5 Å². The van der Waals surface area contributed by atoms with Crippen molar-refractivity contribution in [2.24, 2.45) is 23.7 Å². The van der Waals surface area contributed by atoms with Crippen molar-refractivity contribution in [2.75, 3.05) is 11.5 Å². The Balaban J connectivity index is 1.67. The van der Waals surface area contributed by atoms with Crippen molar-refractivity contribution in [2.45, 2.75) is 26.2 Å². The van der Waals surface area contributed by atoms with E-state index in [-0.39, 0.29) is 59.1 Å². The molecule has 25 heavy (non-hydrogen) atoms. The van der Waals surface area contributed by atoms with Crippen molar-refractivity contribution >= 4 is 29.3 Å². The molecule has 1 aromatic carbocycles. The Morgan fingerprint density at radius 1 is 1.08 bits per heavy atom. The topological polar surface area (TPSA) is 80.8 Å². The largest absolute Gasteiger partial charge is 0.454 e. The smallest absolute Gasteiger partial charge is 0.340 e. The first-order valence-corrected chi connectivity index (χ1v) is 8.62. The molecule has 1 aliphatic heterocycles. The van der Waals surface area contributed by atoms with Gasteiger partial charge in [-0.1, -0.05) is 12.1 Å². The predicted octanol–water partition coefficient (Wildman–Crippen LogP) is 1.97. The van der Waals surface area contributed by atoms with E-state index in [9.17, 15) is 19.2 Å². The molecule has 3 fully saturated rings. The van der Waals surface area contributed by atoms with Crippen molar-refractivity contribution in [1.29, 1.82) is 0 Å². The fourth-order valence-electron chi connectivity index (χ4n) is 4.73. The minimum absolute atomic E-state index is 0.137. The van der Waals surface area contributed by atoms with Crippen LogP contribution in [0.4, 0.5) is 5.69 Å². The van der Waals surface area contributed by atoms with Crippen molar-refractivity contribution in [3.63, 3.8) is 0 Å². The molecule has 2 bridgehead atoms. The van der Waals surface area contributed by atoms with E-state index in [0.29, 0.717) is 0 Å². The molecule has 1 heterocycles. The number of hydrogen-bond acceptors (Lipinski definition) is 5. The first-order valence-electron chi connectivity index (χ1n) is 8.62. The second-order valence-electron chi connectivity index (χ2n) is 7.19. The summed E-state index contributed by atoms with van der Waals surface area (Å²) in [4.78, 5) is 50.4. The number of nitrogens with zero attached hydrogens (tertiary/aromatic N) is 1. The molecule has 0 N–H and O–H groups in total. The number of hydrogen-bond donors (Lipinski definition) is 0. The Bertz CT molecular complexity index is 758. The van der Waals surface area contributed by atoms with Crippen LogP contribution in [0, 0.1) is 23.7 Å². The highest BCUT2D eigenvalue weighted by atomic mass is 16.5. The maximum atomic E-state index is 12.9. The molecule has 0 unspecified atom stereocenters. The zero-order valence-corrected chi connectivity index (χ0v) is 13.9. The van der Waals surface area contributed by atoms with Crippen molar-refractivity contribution in [1.82, 2.24) is 0 Å². The fourth-order valence-corrected chi connectivity index (χ4v) is 4.73. The summed E-state index contributed by atoms with van der Waals surface area (Å²) >= 11 is 0. The van der Waals surface area contributed by atoms with E-state index in [1.54, 1.807) is 18.2 Å². The summed E-state index contributed by atoms with van der Waals surface area (Å²) in [6.07, 6.45) is 2.96. The maximum Gasteiger partial charge on any atom is 0.340 e. The first kappa shape index (κ1) is 16.0. The molecule has 6 heteroatoms. The Hall–Kier alpha value is -2.50. The lowest BCUT2D eigenvalue weighted by Crippen LogP contribution is -2.34. The highest BCUT2D eigenvalue weighted by Crippen LogP contribution is 2.56. The Labute approximate surface area is 145 Å². The minimum atomic E-state index is -0.702. The van der Waals surface area contributed by atoms with Gasteiger partial charge in [0.1, 0.15) is 6.61 Å². The molecule has 6 nitrogen and oxygen atoms in total. The van der Waals surface area contributed by atoms with E-state index in [2.05, 4.69) is 0 Å². The summed E-state index contributed by atoms with van der Waals surface area (Å²) in [5.74, 6) is -1.29. The average Bonchev–Trinajstić information content (AvgIpc) is 3.27. The monoisotopic (exact) mass is 341 g/mol. The summed E-state index contributed by atoms with van der Waals surface area (Å²) in [6.45, 7) is 0.994. The third-order valence-corrected chi connectivity index (χ3v) is 5.70. The van der Waals surface area contributed by atoms with Gasteiger partial charge >= 0.3 is 5.97 Å². The molecule has 1 aromatic rings. The number of amides is 2. The second kappa shape index (κ2) is 5.79. The first-order chi connectivity index (χ1) is 12.0.